The summed E-state index contributed by atoms with van der Waals surface area (Å²) in [5.41, 5.74) is 1.10. The highest BCUT2D eigenvalue weighted by Crippen LogP contribution is 2.30. The Hall–Kier alpha value is -3.07. The number of hydrogen-bond donors (Lipinski definition) is 1. The molecule has 2 aromatic carbocycles. The Morgan fingerprint density at radius 3 is 2.26 bits per heavy atom. The quantitative estimate of drug-likeness (QED) is 0.601. The third-order valence-electron chi connectivity index (χ3n) is 4.72. The van der Waals surface area contributed by atoms with Crippen molar-refractivity contribution in [2.24, 2.45) is 0 Å². The number of amides is 2. The first-order valence-corrected chi connectivity index (χ1v) is 11.8. The normalized spacial score (nSPS) is 12.0. The highest BCUT2D eigenvalue weighted by molar-refractivity contribution is 7.92. The average Bonchev–Trinajstić information content (AvgIpc) is 2.75. The van der Waals surface area contributed by atoms with Gasteiger partial charge >= 0.3 is 0 Å². The van der Waals surface area contributed by atoms with Crippen LogP contribution in [0.3, 0.4) is 0 Å². The molecule has 0 heterocycles. The van der Waals surface area contributed by atoms with Crippen LogP contribution in [0.1, 0.15) is 19.4 Å². The SMILES string of the molecule is CCOc1ccccc1N(CC(=O)N(Cc1ccccc1)[C@@H](C)C(=O)NC)S(C)(=O)=O. The molecule has 0 unspecified atom stereocenters. The van der Waals surface area contributed by atoms with Crippen molar-refractivity contribution in [1.82, 2.24) is 10.2 Å². The fourth-order valence-electron chi connectivity index (χ4n) is 3.11. The van der Waals surface area contributed by atoms with E-state index in [1.165, 1.54) is 11.9 Å². The molecule has 0 aliphatic rings. The van der Waals surface area contributed by atoms with Crippen LogP contribution in [0.2, 0.25) is 0 Å². The minimum Gasteiger partial charge on any atom is -0.492 e. The van der Waals surface area contributed by atoms with Gasteiger partial charge in [0.05, 0.1) is 18.6 Å². The van der Waals surface area contributed by atoms with Crippen molar-refractivity contribution in [3.63, 3.8) is 0 Å². The lowest BCUT2D eigenvalue weighted by Gasteiger charge is -2.31. The van der Waals surface area contributed by atoms with E-state index in [9.17, 15) is 18.0 Å². The third-order valence-corrected chi connectivity index (χ3v) is 5.85. The van der Waals surface area contributed by atoms with E-state index in [-0.39, 0.29) is 18.1 Å². The summed E-state index contributed by atoms with van der Waals surface area (Å²) in [5.74, 6) is -0.487. The van der Waals surface area contributed by atoms with Crippen molar-refractivity contribution in [3.05, 3.63) is 60.2 Å². The van der Waals surface area contributed by atoms with Gasteiger partial charge in [0.25, 0.3) is 0 Å². The molecule has 2 aromatic rings. The lowest BCUT2D eigenvalue weighted by atomic mass is 10.1. The van der Waals surface area contributed by atoms with Crippen molar-refractivity contribution < 1.29 is 22.7 Å². The fourth-order valence-corrected chi connectivity index (χ4v) is 3.96. The first kappa shape index (κ1) is 24.2. The summed E-state index contributed by atoms with van der Waals surface area (Å²) in [5, 5.41) is 2.54. The van der Waals surface area contributed by atoms with Crippen LogP contribution < -0.4 is 14.4 Å². The second-order valence-electron chi connectivity index (χ2n) is 6.97. The number of ether oxygens (including phenoxy) is 1. The standard InChI is InChI=1S/C22H29N3O5S/c1-5-30-20-14-10-9-13-19(20)25(31(4,28)29)16-21(26)24(17(2)22(27)23-3)15-18-11-7-6-8-12-18/h6-14,17H,5,15-16H2,1-4H3,(H,23,27)/t17-/m0/s1. The lowest BCUT2D eigenvalue weighted by Crippen LogP contribution is -2.50. The van der Waals surface area contributed by atoms with Gasteiger partial charge in [0.2, 0.25) is 21.8 Å². The summed E-state index contributed by atoms with van der Waals surface area (Å²) in [7, 11) is -2.32. The zero-order valence-corrected chi connectivity index (χ0v) is 19.1. The van der Waals surface area contributed by atoms with Gasteiger partial charge in [0.15, 0.2) is 0 Å². The van der Waals surface area contributed by atoms with E-state index >= 15 is 0 Å². The molecule has 0 radical (unpaired) electrons. The molecule has 2 rings (SSSR count). The Bertz CT molecular complexity index is 995. The van der Waals surface area contributed by atoms with Gasteiger partial charge in [0.1, 0.15) is 18.3 Å². The first-order chi connectivity index (χ1) is 14.7. The molecule has 2 amide bonds. The lowest BCUT2D eigenvalue weighted by molar-refractivity contribution is -0.139. The number of anilines is 1. The highest BCUT2D eigenvalue weighted by Gasteiger charge is 2.30. The Morgan fingerprint density at radius 1 is 1.06 bits per heavy atom. The molecule has 31 heavy (non-hydrogen) atoms. The molecule has 0 fully saturated rings. The maximum absolute atomic E-state index is 13.3. The Labute approximate surface area is 183 Å². The minimum absolute atomic E-state index is 0.166. The van der Waals surface area contributed by atoms with Crippen LogP contribution in [0, 0.1) is 0 Å². The first-order valence-electron chi connectivity index (χ1n) is 9.93. The van der Waals surface area contributed by atoms with Gasteiger partial charge in [-0.1, -0.05) is 42.5 Å². The summed E-state index contributed by atoms with van der Waals surface area (Å²) in [6.07, 6.45) is 1.03. The van der Waals surface area contributed by atoms with Gasteiger partial charge < -0.3 is 15.0 Å². The smallest absolute Gasteiger partial charge is 0.244 e. The maximum Gasteiger partial charge on any atom is 0.244 e. The van der Waals surface area contributed by atoms with Gasteiger partial charge in [-0.15, -0.1) is 0 Å². The predicted octanol–water partition coefficient (Wildman–Crippen LogP) is 2.01. The van der Waals surface area contributed by atoms with E-state index in [1.807, 2.05) is 30.3 Å². The number of carbonyl (C=O) groups is 2. The van der Waals surface area contributed by atoms with Gasteiger partial charge in [-0.2, -0.15) is 0 Å². The Morgan fingerprint density at radius 2 is 1.68 bits per heavy atom. The second-order valence-corrected chi connectivity index (χ2v) is 8.87. The average molecular weight is 448 g/mol. The van der Waals surface area contributed by atoms with Crippen LogP contribution in [0.5, 0.6) is 5.75 Å². The number of para-hydroxylation sites is 2. The molecular formula is C22H29N3O5S. The predicted molar refractivity (Wildman–Crippen MR) is 120 cm³/mol. The van der Waals surface area contributed by atoms with Crippen molar-refractivity contribution in [2.75, 3.05) is 30.8 Å². The Kier molecular flexibility index (Phi) is 8.44. The van der Waals surface area contributed by atoms with Crippen LogP contribution in [0.25, 0.3) is 0 Å². The summed E-state index contributed by atoms with van der Waals surface area (Å²) in [4.78, 5) is 27.0. The van der Waals surface area contributed by atoms with Gasteiger partial charge in [-0.05, 0) is 31.5 Å². The van der Waals surface area contributed by atoms with Gasteiger partial charge in [0, 0.05) is 13.6 Å². The molecule has 1 N–H and O–H groups in total. The largest absolute Gasteiger partial charge is 0.492 e. The van der Waals surface area contributed by atoms with E-state index in [0.29, 0.717) is 12.4 Å². The van der Waals surface area contributed by atoms with Crippen LogP contribution in [0.4, 0.5) is 5.69 Å². The highest BCUT2D eigenvalue weighted by atomic mass is 32.2. The molecular weight excluding hydrogens is 418 g/mol. The number of rotatable bonds is 10. The molecule has 9 heteroatoms. The van der Waals surface area contributed by atoms with E-state index in [1.54, 1.807) is 38.1 Å². The second kappa shape index (κ2) is 10.8. The zero-order chi connectivity index (χ0) is 23.0. The van der Waals surface area contributed by atoms with Crippen molar-refractivity contribution >= 4 is 27.5 Å². The van der Waals surface area contributed by atoms with Gasteiger partial charge in [-0.25, -0.2) is 8.42 Å². The topological polar surface area (TPSA) is 96.0 Å². The molecule has 0 aliphatic carbocycles. The zero-order valence-electron chi connectivity index (χ0n) is 18.2. The van der Waals surface area contributed by atoms with Crippen LogP contribution >= 0.6 is 0 Å². The monoisotopic (exact) mass is 447 g/mol. The summed E-state index contributed by atoms with van der Waals surface area (Å²) < 4.78 is 31.7. The number of carbonyl (C=O) groups excluding carboxylic acids is 2. The number of benzene rings is 2. The number of likely N-dealkylation sites (N-methyl/N-ethyl adjacent to an activating group) is 1. The van der Waals surface area contributed by atoms with Crippen LogP contribution in [-0.2, 0) is 26.2 Å². The summed E-state index contributed by atoms with van der Waals surface area (Å²) in [6.45, 7) is 3.45. The molecule has 0 aliphatic heterocycles. The molecule has 0 saturated heterocycles. The van der Waals surface area contributed by atoms with Crippen LogP contribution in [0.15, 0.2) is 54.6 Å². The molecule has 0 saturated carbocycles. The third kappa shape index (κ3) is 6.45. The molecule has 0 bridgehead atoms. The summed E-state index contributed by atoms with van der Waals surface area (Å²) in [6, 6.07) is 15.1. The molecule has 0 spiro atoms. The van der Waals surface area contributed by atoms with E-state index in [0.717, 1.165) is 16.1 Å². The van der Waals surface area contributed by atoms with Crippen LogP contribution in [-0.4, -0.2) is 57.6 Å². The van der Waals surface area contributed by atoms with Crippen molar-refractivity contribution in [3.8, 4) is 5.75 Å². The number of nitrogens with one attached hydrogen (secondary N) is 1. The number of sulfonamides is 1. The van der Waals surface area contributed by atoms with Crippen molar-refractivity contribution in [1.29, 1.82) is 0 Å². The molecule has 1 atom stereocenters. The fraction of sp³-hybridized carbons (Fsp3) is 0.364. The molecule has 168 valence electrons. The van der Waals surface area contributed by atoms with E-state index in [4.69, 9.17) is 4.74 Å². The van der Waals surface area contributed by atoms with E-state index < -0.39 is 28.5 Å². The summed E-state index contributed by atoms with van der Waals surface area (Å²) >= 11 is 0. The molecule has 8 nitrogen and oxygen atoms in total. The number of hydrogen-bond acceptors (Lipinski definition) is 5. The Balaban J connectivity index is 2.41. The molecule has 0 aromatic heterocycles. The number of nitrogens with zero attached hydrogens (tertiary/aromatic N) is 2. The maximum atomic E-state index is 13.3. The van der Waals surface area contributed by atoms with E-state index in [2.05, 4.69) is 5.32 Å². The van der Waals surface area contributed by atoms with Crippen molar-refractivity contribution in [2.45, 2.75) is 26.4 Å². The van der Waals surface area contributed by atoms with Gasteiger partial charge in [-0.3, -0.25) is 13.9 Å². The minimum atomic E-state index is -3.81.